The van der Waals surface area contributed by atoms with Gasteiger partial charge in [0.15, 0.2) is 0 Å². The van der Waals surface area contributed by atoms with Gasteiger partial charge in [0.2, 0.25) is 0 Å². The van der Waals surface area contributed by atoms with Crippen molar-refractivity contribution < 1.29 is 0 Å². The second-order valence-electron chi connectivity index (χ2n) is 11.0. The summed E-state index contributed by atoms with van der Waals surface area (Å²) in [4.78, 5) is 0. The second-order valence-corrected chi connectivity index (χ2v) is 11.0. The highest BCUT2D eigenvalue weighted by atomic mass is 14.4. The lowest BCUT2D eigenvalue weighted by Crippen LogP contribution is -2.14. The van der Waals surface area contributed by atoms with Crippen molar-refractivity contribution in [2.45, 2.75) is 60.8 Å². The zero-order valence-corrected chi connectivity index (χ0v) is 21.1. The van der Waals surface area contributed by atoms with Crippen molar-refractivity contribution >= 4 is 10.8 Å². The average molecular weight is 423 g/mol. The molecule has 0 fully saturated rings. The lowest BCUT2D eigenvalue weighted by atomic mass is 9.82. The molecule has 0 atom stereocenters. The number of rotatable bonds is 0. The SMILES string of the molecule is CC(C)(C)C.Cc1ccc2c(c1)C(C)(C)c1ccccc1-2.Cc1cccc2ccccc12. The first-order chi connectivity index (χ1) is 15.0. The van der Waals surface area contributed by atoms with Crippen LogP contribution >= 0.6 is 0 Å². The fourth-order valence-electron chi connectivity index (χ4n) is 4.21. The van der Waals surface area contributed by atoms with E-state index in [0.29, 0.717) is 5.41 Å². The van der Waals surface area contributed by atoms with Crippen LogP contribution in [0.15, 0.2) is 84.9 Å². The molecule has 32 heavy (non-hydrogen) atoms. The third-order valence-corrected chi connectivity index (χ3v) is 5.75. The summed E-state index contributed by atoms with van der Waals surface area (Å²) in [7, 11) is 0. The van der Waals surface area contributed by atoms with Gasteiger partial charge in [-0.3, -0.25) is 0 Å². The number of hydrogen-bond donors (Lipinski definition) is 0. The topological polar surface area (TPSA) is 0 Å². The summed E-state index contributed by atoms with van der Waals surface area (Å²) in [5.41, 5.74) is 9.08. The van der Waals surface area contributed by atoms with Gasteiger partial charge >= 0.3 is 0 Å². The lowest BCUT2D eigenvalue weighted by Gasteiger charge is -2.21. The maximum Gasteiger partial charge on any atom is 0.0158 e. The molecule has 4 aromatic carbocycles. The smallest absolute Gasteiger partial charge is 0.0158 e. The van der Waals surface area contributed by atoms with E-state index < -0.39 is 0 Å². The third-order valence-electron chi connectivity index (χ3n) is 5.75. The number of fused-ring (bicyclic) bond motifs is 4. The van der Waals surface area contributed by atoms with E-state index in [1.165, 1.54) is 44.2 Å². The van der Waals surface area contributed by atoms with Crippen molar-refractivity contribution in [3.05, 3.63) is 107 Å². The molecule has 166 valence electrons. The van der Waals surface area contributed by atoms with Crippen LogP contribution in [-0.4, -0.2) is 0 Å². The van der Waals surface area contributed by atoms with Gasteiger partial charge in [0.25, 0.3) is 0 Å². The summed E-state index contributed by atoms with van der Waals surface area (Å²) in [6.45, 7) is 17.7. The van der Waals surface area contributed by atoms with E-state index >= 15 is 0 Å². The molecule has 0 heteroatoms. The standard InChI is InChI=1S/C16H16.C11H10.C5H12/c1-11-8-9-13-12-6-4-5-7-14(12)16(2,3)15(13)10-11;1-9-5-4-7-10-6-2-3-8-11(9)10;1-5(2,3)4/h4-10H,1-3H3;2-8H,1H3;1-4H3. The van der Waals surface area contributed by atoms with E-state index in [-0.39, 0.29) is 5.41 Å². The van der Waals surface area contributed by atoms with Crippen molar-refractivity contribution in [1.29, 1.82) is 0 Å². The molecule has 4 aromatic rings. The minimum atomic E-state index is 0.151. The molecule has 0 unspecified atom stereocenters. The molecule has 0 radical (unpaired) electrons. The summed E-state index contributed by atoms with van der Waals surface area (Å²) in [6, 6.07) is 30.4. The Morgan fingerprint density at radius 1 is 0.594 bits per heavy atom. The summed E-state index contributed by atoms with van der Waals surface area (Å²) >= 11 is 0. The molecule has 0 N–H and O–H groups in total. The second kappa shape index (κ2) is 9.33. The minimum absolute atomic E-state index is 0.151. The van der Waals surface area contributed by atoms with Gasteiger partial charge in [-0.1, -0.05) is 132 Å². The highest BCUT2D eigenvalue weighted by Gasteiger charge is 2.34. The van der Waals surface area contributed by atoms with E-state index in [2.05, 4.69) is 140 Å². The van der Waals surface area contributed by atoms with Crippen molar-refractivity contribution in [3.63, 3.8) is 0 Å². The highest BCUT2D eigenvalue weighted by molar-refractivity contribution is 5.85. The fourth-order valence-corrected chi connectivity index (χ4v) is 4.21. The van der Waals surface area contributed by atoms with E-state index in [1.807, 2.05) is 0 Å². The Morgan fingerprint density at radius 3 is 1.84 bits per heavy atom. The van der Waals surface area contributed by atoms with Crippen LogP contribution in [0.4, 0.5) is 0 Å². The van der Waals surface area contributed by atoms with Crippen LogP contribution in [-0.2, 0) is 5.41 Å². The Bertz CT molecular complexity index is 1190. The van der Waals surface area contributed by atoms with E-state index in [1.54, 1.807) is 0 Å². The van der Waals surface area contributed by atoms with Gasteiger partial charge < -0.3 is 0 Å². The quantitative estimate of drug-likeness (QED) is 0.265. The molecule has 0 nitrogen and oxygen atoms in total. The zero-order chi connectivity index (χ0) is 23.5. The first-order valence-corrected chi connectivity index (χ1v) is 11.6. The maximum atomic E-state index is 2.33. The molecule has 0 amide bonds. The normalized spacial score (nSPS) is 13.2. The molecule has 0 spiro atoms. The van der Waals surface area contributed by atoms with E-state index in [4.69, 9.17) is 0 Å². The Kier molecular flexibility index (Phi) is 6.94. The molecule has 0 bridgehead atoms. The number of benzene rings is 4. The number of hydrogen-bond acceptors (Lipinski definition) is 0. The van der Waals surface area contributed by atoms with Crippen molar-refractivity contribution in [2.75, 3.05) is 0 Å². The van der Waals surface area contributed by atoms with E-state index in [9.17, 15) is 0 Å². The summed E-state index contributed by atoms with van der Waals surface area (Å²) in [5.74, 6) is 0. The molecule has 0 heterocycles. The molecule has 0 aromatic heterocycles. The molecular weight excluding hydrogens is 384 g/mol. The Balaban J connectivity index is 0.000000157. The van der Waals surface area contributed by atoms with Gasteiger partial charge in [-0.25, -0.2) is 0 Å². The van der Waals surface area contributed by atoms with Crippen molar-refractivity contribution in [1.82, 2.24) is 0 Å². The van der Waals surface area contributed by atoms with Crippen molar-refractivity contribution in [3.8, 4) is 11.1 Å². The number of aryl methyl sites for hydroxylation is 2. The fraction of sp³-hybridized carbons (Fsp3) is 0.312. The molecule has 0 saturated heterocycles. The van der Waals surface area contributed by atoms with Crippen LogP contribution < -0.4 is 0 Å². The van der Waals surface area contributed by atoms with Crippen LogP contribution in [0.25, 0.3) is 21.9 Å². The lowest BCUT2D eigenvalue weighted by molar-refractivity contribution is 0.469. The van der Waals surface area contributed by atoms with Gasteiger partial charge in [0.1, 0.15) is 0 Å². The predicted molar refractivity (Wildman–Crippen MR) is 143 cm³/mol. The Labute approximate surface area is 195 Å². The van der Waals surface area contributed by atoms with Crippen LogP contribution in [0.3, 0.4) is 0 Å². The molecule has 1 aliphatic rings. The first-order valence-electron chi connectivity index (χ1n) is 11.6. The highest BCUT2D eigenvalue weighted by Crippen LogP contribution is 2.48. The van der Waals surface area contributed by atoms with Crippen LogP contribution in [0.5, 0.6) is 0 Å². The maximum absolute atomic E-state index is 2.33. The zero-order valence-electron chi connectivity index (χ0n) is 21.1. The minimum Gasteiger partial charge on any atom is -0.0619 e. The van der Waals surface area contributed by atoms with Gasteiger partial charge in [-0.2, -0.15) is 0 Å². The average Bonchev–Trinajstić information content (AvgIpc) is 2.95. The van der Waals surface area contributed by atoms with Gasteiger partial charge in [0, 0.05) is 5.41 Å². The molecule has 5 rings (SSSR count). The van der Waals surface area contributed by atoms with Gasteiger partial charge in [0.05, 0.1) is 0 Å². The van der Waals surface area contributed by atoms with Crippen LogP contribution in [0.1, 0.15) is 63.8 Å². The largest absolute Gasteiger partial charge is 0.0619 e. The summed E-state index contributed by atoms with van der Waals surface area (Å²) < 4.78 is 0. The van der Waals surface area contributed by atoms with Crippen LogP contribution in [0.2, 0.25) is 0 Å². The van der Waals surface area contributed by atoms with E-state index in [0.717, 1.165) is 0 Å². The van der Waals surface area contributed by atoms with Gasteiger partial charge in [-0.05, 0) is 57.9 Å². The molecule has 1 aliphatic carbocycles. The van der Waals surface area contributed by atoms with Crippen LogP contribution in [0, 0.1) is 19.3 Å². The first kappa shape index (κ1) is 23.8. The Morgan fingerprint density at radius 2 is 1.16 bits per heavy atom. The third kappa shape index (κ3) is 5.49. The monoisotopic (exact) mass is 422 g/mol. The summed E-state index contributed by atoms with van der Waals surface area (Å²) in [6.07, 6.45) is 0. The van der Waals surface area contributed by atoms with Gasteiger partial charge in [-0.15, -0.1) is 0 Å². The summed E-state index contributed by atoms with van der Waals surface area (Å²) in [5, 5.41) is 2.68. The molecule has 0 aliphatic heterocycles. The molecule has 0 saturated carbocycles. The predicted octanol–water partition coefficient (Wildman–Crippen LogP) is 9.50. The molecular formula is C32H38. The Hall–Kier alpha value is -2.86. The van der Waals surface area contributed by atoms with Crippen molar-refractivity contribution in [2.24, 2.45) is 5.41 Å².